The monoisotopic (exact) mass is 275 g/mol. The number of nitrogens with zero attached hydrogens (tertiary/aromatic N) is 2. The van der Waals surface area contributed by atoms with Crippen LogP contribution in [0, 0.1) is 11.3 Å². The quantitative estimate of drug-likeness (QED) is 0.935. The van der Waals surface area contributed by atoms with Crippen LogP contribution in [0.25, 0.3) is 0 Å². The molecule has 0 amide bonds. The summed E-state index contributed by atoms with van der Waals surface area (Å²) in [5.74, 6) is 1.31. The zero-order valence-electron chi connectivity index (χ0n) is 11.9. The minimum absolute atomic E-state index is 0.544. The first-order valence-corrected chi connectivity index (χ1v) is 7.59. The summed E-state index contributed by atoms with van der Waals surface area (Å²) in [6, 6.07) is 12.9. The van der Waals surface area contributed by atoms with Gasteiger partial charge in [0, 0.05) is 18.2 Å². The van der Waals surface area contributed by atoms with Crippen LogP contribution in [0.15, 0.2) is 30.3 Å². The molecule has 2 aromatic rings. The normalized spacial score (nSPS) is 18.3. The smallest absolute Gasteiger partial charge is 0.144 e. The molecule has 21 heavy (non-hydrogen) atoms. The number of aryl methyl sites for hydroxylation is 2. The molecule has 1 heterocycles. The average molecular weight is 275 g/mol. The predicted molar refractivity (Wildman–Crippen MR) is 82.4 cm³/mol. The molecule has 0 saturated heterocycles. The molecular weight excluding hydrogens is 258 g/mol. The molecule has 1 unspecified atom stereocenters. The topological polar surface area (TPSA) is 48.7 Å². The maximum absolute atomic E-state index is 9.31. The molecule has 1 atom stereocenters. The molecule has 0 bridgehead atoms. The Bertz CT molecular complexity index is 743. The predicted octanol–water partition coefficient (Wildman–Crippen LogP) is 3.19. The van der Waals surface area contributed by atoms with E-state index >= 15 is 0 Å². The maximum Gasteiger partial charge on any atom is 0.144 e. The molecule has 0 saturated carbocycles. The first-order valence-electron chi connectivity index (χ1n) is 7.59. The standard InChI is InChI=1S/C18H17N3/c19-10-14-9-13-5-3-7-17(13)21-18(14)20-11-15-8-12-4-1-2-6-16(12)15/h1-2,4,6,9,15H,3,5,7-8,11H2,(H,20,21). The van der Waals surface area contributed by atoms with Gasteiger partial charge in [0.2, 0.25) is 0 Å². The van der Waals surface area contributed by atoms with Crippen LogP contribution in [0.5, 0.6) is 0 Å². The number of nitrogens with one attached hydrogen (secondary N) is 1. The first kappa shape index (κ1) is 12.4. The highest BCUT2D eigenvalue weighted by atomic mass is 15.0. The lowest BCUT2D eigenvalue weighted by Gasteiger charge is -2.30. The van der Waals surface area contributed by atoms with E-state index in [4.69, 9.17) is 0 Å². The fourth-order valence-electron chi connectivity index (χ4n) is 3.46. The van der Waals surface area contributed by atoms with Gasteiger partial charge in [-0.15, -0.1) is 0 Å². The van der Waals surface area contributed by atoms with E-state index in [-0.39, 0.29) is 0 Å². The van der Waals surface area contributed by atoms with Gasteiger partial charge in [-0.25, -0.2) is 4.98 Å². The Morgan fingerprint density at radius 3 is 3.00 bits per heavy atom. The summed E-state index contributed by atoms with van der Waals surface area (Å²) in [5.41, 5.74) is 6.00. The van der Waals surface area contributed by atoms with Crippen molar-refractivity contribution in [1.29, 1.82) is 5.26 Å². The highest BCUT2D eigenvalue weighted by Gasteiger charge is 2.25. The molecule has 0 aliphatic heterocycles. The number of benzene rings is 1. The number of fused-ring (bicyclic) bond motifs is 2. The Hall–Kier alpha value is -2.34. The molecule has 1 aromatic heterocycles. The molecule has 1 N–H and O–H groups in total. The second-order valence-corrected chi connectivity index (χ2v) is 5.94. The number of aromatic nitrogens is 1. The molecular formula is C18H17N3. The molecule has 0 radical (unpaired) electrons. The molecule has 3 heteroatoms. The van der Waals surface area contributed by atoms with Crippen molar-refractivity contribution in [2.75, 3.05) is 11.9 Å². The molecule has 4 rings (SSSR count). The van der Waals surface area contributed by atoms with E-state index < -0.39 is 0 Å². The zero-order chi connectivity index (χ0) is 14.2. The lowest BCUT2D eigenvalue weighted by atomic mass is 9.77. The van der Waals surface area contributed by atoms with E-state index in [2.05, 4.69) is 40.6 Å². The SMILES string of the molecule is N#Cc1cc2c(nc1NCC1Cc3ccccc31)CCC2. The Morgan fingerprint density at radius 2 is 2.14 bits per heavy atom. The summed E-state index contributed by atoms with van der Waals surface area (Å²) in [5, 5.41) is 12.7. The van der Waals surface area contributed by atoms with E-state index in [1.807, 2.05) is 6.07 Å². The van der Waals surface area contributed by atoms with Crippen molar-refractivity contribution in [3.05, 3.63) is 58.3 Å². The molecule has 2 aliphatic carbocycles. The second-order valence-electron chi connectivity index (χ2n) is 5.94. The third-order valence-electron chi connectivity index (χ3n) is 4.65. The number of hydrogen-bond acceptors (Lipinski definition) is 3. The lowest BCUT2D eigenvalue weighted by Crippen LogP contribution is -2.24. The number of anilines is 1. The summed E-state index contributed by atoms with van der Waals surface area (Å²) in [6.45, 7) is 0.859. The summed E-state index contributed by atoms with van der Waals surface area (Å²) >= 11 is 0. The number of pyridine rings is 1. The van der Waals surface area contributed by atoms with Gasteiger partial charge in [0.25, 0.3) is 0 Å². The van der Waals surface area contributed by atoms with Crippen molar-refractivity contribution >= 4 is 5.82 Å². The van der Waals surface area contributed by atoms with Gasteiger partial charge >= 0.3 is 0 Å². The summed E-state index contributed by atoms with van der Waals surface area (Å²) in [4.78, 5) is 4.68. The Labute approximate surface area is 124 Å². The van der Waals surface area contributed by atoms with Crippen LogP contribution in [0.4, 0.5) is 5.82 Å². The van der Waals surface area contributed by atoms with Crippen LogP contribution in [-0.4, -0.2) is 11.5 Å². The van der Waals surface area contributed by atoms with Gasteiger partial charge in [0.15, 0.2) is 0 Å². The van der Waals surface area contributed by atoms with Crippen LogP contribution in [0.2, 0.25) is 0 Å². The number of hydrogen-bond donors (Lipinski definition) is 1. The molecule has 0 spiro atoms. The van der Waals surface area contributed by atoms with Crippen LogP contribution >= 0.6 is 0 Å². The van der Waals surface area contributed by atoms with E-state index in [1.54, 1.807) is 0 Å². The van der Waals surface area contributed by atoms with Gasteiger partial charge in [-0.05, 0) is 48.4 Å². The molecule has 0 fully saturated rings. The van der Waals surface area contributed by atoms with Crippen LogP contribution in [-0.2, 0) is 19.3 Å². The Morgan fingerprint density at radius 1 is 1.24 bits per heavy atom. The second kappa shape index (κ2) is 4.89. The van der Waals surface area contributed by atoms with Crippen molar-refractivity contribution in [2.45, 2.75) is 31.6 Å². The number of rotatable bonds is 3. The van der Waals surface area contributed by atoms with Crippen molar-refractivity contribution < 1.29 is 0 Å². The maximum atomic E-state index is 9.31. The van der Waals surface area contributed by atoms with Crippen LogP contribution in [0.1, 0.15) is 40.3 Å². The van der Waals surface area contributed by atoms with E-state index in [0.29, 0.717) is 11.5 Å². The summed E-state index contributed by atoms with van der Waals surface area (Å²) in [6.07, 6.45) is 4.39. The minimum Gasteiger partial charge on any atom is -0.368 e. The van der Waals surface area contributed by atoms with E-state index in [9.17, 15) is 5.26 Å². The van der Waals surface area contributed by atoms with E-state index in [1.165, 1.54) is 22.4 Å². The van der Waals surface area contributed by atoms with Gasteiger partial charge in [-0.2, -0.15) is 5.26 Å². The average Bonchev–Trinajstić information content (AvgIpc) is 2.94. The fourth-order valence-corrected chi connectivity index (χ4v) is 3.46. The van der Waals surface area contributed by atoms with Gasteiger partial charge in [0.1, 0.15) is 11.9 Å². The van der Waals surface area contributed by atoms with Gasteiger partial charge in [0.05, 0.1) is 5.56 Å². The largest absolute Gasteiger partial charge is 0.368 e. The van der Waals surface area contributed by atoms with Crippen LogP contribution < -0.4 is 5.32 Å². The van der Waals surface area contributed by atoms with Gasteiger partial charge in [-0.3, -0.25) is 0 Å². The molecule has 104 valence electrons. The number of nitriles is 1. The molecule has 3 nitrogen and oxygen atoms in total. The van der Waals surface area contributed by atoms with Crippen molar-refractivity contribution in [3.8, 4) is 6.07 Å². The van der Waals surface area contributed by atoms with Crippen molar-refractivity contribution in [3.63, 3.8) is 0 Å². The third kappa shape index (κ3) is 2.08. The van der Waals surface area contributed by atoms with Gasteiger partial charge < -0.3 is 5.32 Å². The molecule has 2 aliphatic rings. The lowest BCUT2D eigenvalue weighted by molar-refractivity contribution is 0.634. The fraction of sp³-hybridized carbons (Fsp3) is 0.333. The van der Waals surface area contributed by atoms with Gasteiger partial charge in [-0.1, -0.05) is 24.3 Å². The van der Waals surface area contributed by atoms with E-state index in [0.717, 1.165) is 38.0 Å². The Balaban J connectivity index is 1.52. The first-order chi connectivity index (χ1) is 10.3. The van der Waals surface area contributed by atoms with Crippen molar-refractivity contribution in [1.82, 2.24) is 4.98 Å². The summed E-state index contributed by atoms with van der Waals surface area (Å²) < 4.78 is 0. The van der Waals surface area contributed by atoms with Crippen LogP contribution in [0.3, 0.4) is 0 Å². The summed E-state index contributed by atoms with van der Waals surface area (Å²) in [7, 11) is 0. The van der Waals surface area contributed by atoms with Crippen molar-refractivity contribution in [2.24, 2.45) is 0 Å². The molecule has 1 aromatic carbocycles. The third-order valence-corrected chi connectivity index (χ3v) is 4.65. The highest BCUT2D eigenvalue weighted by Crippen LogP contribution is 2.35. The Kier molecular flexibility index (Phi) is 2.89. The minimum atomic E-state index is 0.544. The highest BCUT2D eigenvalue weighted by molar-refractivity contribution is 5.55. The zero-order valence-corrected chi connectivity index (χ0v) is 11.9.